The van der Waals surface area contributed by atoms with Crippen LogP contribution in [0.5, 0.6) is 0 Å². The highest BCUT2D eigenvalue weighted by atomic mass is 35.5. The quantitative estimate of drug-likeness (QED) is 0.680. The molecule has 82 valence electrons. The molecule has 0 atom stereocenters. The first-order chi connectivity index (χ1) is 7.58. The van der Waals surface area contributed by atoms with Crippen molar-refractivity contribution < 1.29 is 8.78 Å². The van der Waals surface area contributed by atoms with Crippen molar-refractivity contribution in [3.63, 3.8) is 0 Å². The molecule has 0 nitrogen and oxygen atoms in total. The zero-order valence-corrected chi connectivity index (χ0v) is 9.49. The Labute approximate surface area is 101 Å². The second-order valence-electron chi connectivity index (χ2n) is 3.25. The molecule has 0 amide bonds. The minimum atomic E-state index is -0.485. The Morgan fingerprint density at radius 3 is 2.12 bits per heavy atom. The summed E-state index contributed by atoms with van der Waals surface area (Å²) in [6.07, 6.45) is 0. The number of rotatable bonds is 1. The van der Waals surface area contributed by atoms with E-state index in [4.69, 9.17) is 23.2 Å². The summed E-state index contributed by atoms with van der Waals surface area (Å²) in [6, 6.07) is 8.07. The fraction of sp³-hybridized carbons (Fsp3) is 0. The molecule has 0 aliphatic rings. The third kappa shape index (κ3) is 2.18. The number of halogens is 4. The summed E-state index contributed by atoms with van der Waals surface area (Å²) in [6.45, 7) is 0. The van der Waals surface area contributed by atoms with Crippen LogP contribution in [0.2, 0.25) is 10.0 Å². The van der Waals surface area contributed by atoms with Crippen LogP contribution in [-0.2, 0) is 0 Å². The number of benzene rings is 2. The Morgan fingerprint density at radius 2 is 1.50 bits per heavy atom. The van der Waals surface area contributed by atoms with Crippen molar-refractivity contribution in [1.29, 1.82) is 0 Å². The van der Waals surface area contributed by atoms with E-state index in [1.165, 1.54) is 24.3 Å². The maximum Gasteiger partial charge on any atom is 0.132 e. The molecular weight excluding hydrogens is 253 g/mol. The predicted molar refractivity (Wildman–Crippen MR) is 61.8 cm³/mol. The predicted octanol–water partition coefficient (Wildman–Crippen LogP) is 4.94. The van der Waals surface area contributed by atoms with Gasteiger partial charge in [-0.15, -0.1) is 0 Å². The molecule has 0 aromatic heterocycles. The van der Waals surface area contributed by atoms with Gasteiger partial charge in [0.05, 0.1) is 5.02 Å². The van der Waals surface area contributed by atoms with Crippen molar-refractivity contribution in [2.75, 3.05) is 0 Å². The largest absolute Gasteiger partial charge is 0.207 e. The maximum absolute atomic E-state index is 13.6. The highest BCUT2D eigenvalue weighted by Crippen LogP contribution is 2.31. The average Bonchev–Trinajstić information content (AvgIpc) is 2.19. The zero-order chi connectivity index (χ0) is 11.7. The average molecular weight is 259 g/mol. The van der Waals surface area contributed by atoms with E-state index in [0.29, 0.717) is 16.1 Å². The first-order valence-electron chi connectivity index (χ1n) is 4.48. The summed E-state index contributed by atoms with van der Waals surface area (Å²) in [5.41, 5.74) is 0.742. The normalized spacial score (nSPS) is 10.5. The first-order valence-corrected chi connectivity index (χ1v) is 5.24. The smallest absolute Gasteiger partial charge is 0.132 e. The molecule has 2 aromatic rings. The molecule has 0 fully saturated rings. The van der Waals surface area contributed by atoms with Crippen LogP contribution in [0.1, 0.15) is 0 Å². The van der Waals surface area contributed by atoms with Gasteiger partial charge in [0.15, 0.2) is 0 Å². The van der Waals surface area contributed by atoms with Gasteiger partial charge in [-0.2, -0.15) is 0 Å². The number of hydrogen-bond donors (Lipinski definition) is 0. The van der Waals surface area contributed by atoms with Gasteiger partial charge in [0.2, 0.25) is 0 Å². The van der Waals surface area contributed by atoms with Gasteiger partial charge in [0.25, 0.3) is 0 Å². The summed E-state index contributed by atoms with van der Waals surface area (Å²) < 4.78 is 26.4. The third-order valence-electron chi connectivity index (χ3n) is 2.15. The molecule has 0 heterocycles. The van der Waals surface area contributed by atoms with Gasteiger partial charge in [0.1, 0.15) is 11.6 Å². The van der Waals surface area contributed by atoms with Gasteiger partial charge in [-0.25, -0.2) is 8.78 Å². The molecule has 0 bridgehead atoms. The molecule has 0 N–H and O–H groups in total. The van der Waals surface area contributed by atoms with Gasteiger partial charge in [0, 0.05) is 16.1 Å². The highest BCUT2D eigenvalue weighted by Gasteiger charge is 2.09. The summed E-state index contributed by atoms with van der Waals surface area (Å²) in [7, 11) is 0. The Balaban J connectivity index is 2.59. The van der Waals surface area contributed by atoms with Crippen LogP contribution in [0.15, 0.2) is 36.4 Å². The van der Waals surface area contributed by atoms with E-state index >= 15 is 0 Å². The van der Waals surface area contributed by atoms with Gasteiger partial charge in [-0.1, -0.05) is 23.2 Å². The maximum atomic E-state index is 13.6. The minimum Gasteiger partial charge on any atom is -0.207 e. The van der Waals surface area contributed by atoms with Crippen LogP contribution in [0, 0.1) is 11.6 Å². The van der Waals surface area contributed by atoms with E-state index in [0.717, 1.165) is 6.07 Å². The molecule has 0 radical (unpaired) electrons. The van der Waals surface area contributed by atoms with Crippen molar-refractivity contribution in [2.24, 2.45) is 0 Å². The van der Waals surface area contributed by atoms with Crippen LogP contribution in [-0.4, -0.2) is 0 Å². The molecule has 16 heavy (non-hydrogen) atoms. The van der Waals surface area contributed by atoms with Crippen LogP contribution in [0.4, 0.5) is 8.78 Å². The van der Waals surface area contributed by atoms with Crippen molar-refractivity contribution in [3.05, 3.63) is 58.1 Å². The zero-order valence-electron chi connectivity index (χ0n) is 7.98. The molecule has 2 rings (SSSR count). The Hall–Kier alpha value is -1.12. The lowest BCUT2D eigenvalue weighted by Gasteiger charge is -2.06. The Kier molecular flexibility index (Phi) is 3.13. The van der Waals surface area contributed by atoms with E-state index in [2.05, 4.69) is 0 Å². The second kappa shape index (κ2) is 4.40. The molecule has 0 aliphatic carbocycles. The van der Waals surface area contributed by atoms with Gasteiger partial charge in [-0.3, -0.25) is 0 Å². The first kappa shape index (κ1) is 11.4. The van der Waals surface area contributed by atoms with Crippen LogP contribution in [0.3, 0.4) is 0 Å². The van der Waals surface area contributed by atoms with Crippen LogP contribution >= 0.6 is 23.2 Å². The fourth-order valence-corrected chi connectivity index (χ4v) is 1.84. The molecule has 0 aliphatic heterocycles. The molecule has 0 unspecified atom stereocenters. The number of hydrogen-bond acceptors (Lipinski definition) is 0. The molecule has 0 saturated carbocycles. The summed E-state index contributed by atoms with van der Waals surface area (Å²) in [5.74, 6) is -0.941. The second-order valence-corrected chi connectivity index (χ2v) is 4.09. The molecular formula is C12H6Cl2F2. The summed E-state index contributed by atoms with van der Waals surface area (Å²) >= 11 is 11.5. The van der Waals surface area contributed by atoms with Crippen molar-refractivity contribution >= 4 is 23.2 Å². The minimum absolute atomic E-state index is 0.168. The van der Waals surface area contributed by atoms with Gasteiger partial charge >= 0.3 is 0 Å². The van der Waals surface area contributed by atoms with E-state index in [1.54, 1.807) is 6.07 Å². The van der Waals surface area contributed by atoms with E-state index in [9.17, 15) is 8.78 Å². The van der Waals surface area contributed by atoms with E-state index in [-0.39, 0.29) is 5.02 Å². The van der Waals surface area contributed by atoms with Crippen LogP contribution < -0.4 is 0 Å². The monoisotopic (exact) mass is 258 g/mol. The van der Waals surface area contributed by atoms with Crippen molar-refractivity contribution in [2.45, 2.75) is 0 Å². The SMILES string of the molecule is Fc1ccc(-c2ccc(Cl)cc2F)c(Cl)c1. The Morgan fingerprint density at radius 1 is 0.812 bits per heavy atom. The van der Waals surface area contributed by atoms with Gasteiger partial charge < -0.3 is 0 Å². The highest BCUT2D eigenvalue weighted by molar-refractivity contribution is 6.33. The topological polar surface area (TPSA) is 0 Å². The standard InChI is InChI=1S/C12H6Cl2F2/c13-7-1-3-10(12(16)5-7)9-4-2-8(15)6-11(9)14/h1-6H. The molecule has 2 aromatic carbocycles. The lowest BCUT2D eigenvalue weighted by atomic mass is 10.1. The lowest BCUT2D eigenvalue weighted by Crippen LogP contribution is -1.86. The van der Waals surface area contributed by atoms with Crippen molar-refractivity contribution in [1.82, 2.24) is 0 Å². The molecule has 0 spiro atoms. The summed E-state index contributed by atoms with van der Waals surface area (Å²) in [5, 5.41) is 0.473. The van der Waals surface area contributed by atoms with E-state index in [1.807, 2.05) is 0 Å². The van der Waals surface area contributed by atoms with Crippen LogP contribution in [0.25, 0.3) is 11.1 Å². The fourth-order valence-electron chi connectivity index (χ4n) is 1.42. The van der Waals surface area contributed by atoms with Crippen molar-refractivity contribution in [3.8, 4) is 11.1 Å². The lowest BCUT2D eigenvalue weighted by molar-refractivity contribution is 0.626. The molecule has 4 heteroatoms. The third-order valence-corrected chi connectivity index (χ3v) is 2.70. The van der Waals surface area contributed by atoms with E-state index < -0.39 is 11.6 Å². The Bertz CT molecular complexity index is 489. The molecule has 0 saturated heterocycles. The van der Waals surface area contributed by atoms with Gasteiger partial charge in [-0.05, 0) is 36.4 Å². The summed E-state index contributed by atoms with van der Waals surface area (Å²) in [4.78, 5) is 0.